The first-order valence-corrected chi connectivity index (χ1v) is 3.77. The van der Waals surface area contributed by atoms with Crippen molar-refractivity contribution >= 4 is 12.1 Å². The number of rotatable bonds is 3. The maximum absolute atomic E-state index is 10.7. The van der Waals surface area contributed by atoms with Gasteiger partial charge >= 0.3 is 25.0 Å². The molecule has 1 fully saturated rings. The number of alkyl carbamates (subject to hydrolysis) is 1. The quantitative estimate of drug-likeness (QED) is 0.360. The van der Waals surface area contributed by atoms with E-state index in [-0.39, 0.29) is 25.0 Å². The second-order valence-electron chi connectivity index (χ2n) is 2.74. The maximum atomic E-state index is 10.7. The van der Waals surface area contributed by atoms with Crippen molar-refractivity contribution in [2.24, 2.45) is 0 Å². The van der Waals surface area contributed by atoms with Crippen LogP contribution < -0.4 is 29.3 Å². The molecular formula is C7H10LiNO5. The van der Waals surface area contributed by atoms with Gasteiger partial charge in [0.2, 0.25) is 0 Å². The van der Waals surface area contributed by atoms with Gasteiger partial charge < -0.3 is 24.7 Å². The van der Waals surface area contributed by atoms with E-state index in [1.54, 1.807) is 6.92 Å². The van der Waals surface area contributed by atoms with E-state index in [1.807, 2.05) is 0 Å². The molecule has 0 saturated carbocycles. The Bertz CT molecular complexity index is 234. The Kier molecular flexibility index (Phi) is 4.98. The summed E-state index contributed by atoms with van der Waals surface area (Å²) in [6.07, 6.45) is -1.49. The molecular weight excluding hydrogens is 185 g/mol. The van der Waals surface area contributed by atoms with Crippen LogP contribution in [-0.2, 0) is 14.3 Å². The first-order valence-electron chi connectivity index (χ1n) is 3.77. The molecule has 3 unspecified atom stereocenters. The normalized spacial score (nSPS) is 25.6. The molecule has 0 aromatic rings. The third-order valence-electron chi connectivity index (χ3n) is 1.80. The second kappa shape index (κ2) is 5.25. The molecule has 1 aliphatic heterocycles. The number of carboxylic acid groups (broad SMARTS) is 1. The number of carbonyl (C=O) groups excluding carboxylic acids is 2. The van der Waals surface area contributed by atoms with Crippen LogP contribution in [0.2, 0.25) is 0 Å². The smallest absolute Gasteiger partial charge is 0.548 e. The van der Waals surface area contributed by atoms with E-state index >= 15 is 0 Å². The Labute approximate surface area is 93.1 Å². The third-order valence-corrected chi connectivity index (χ3v) is 1.80. The predicted octanol–water partition coefficient (Wildman–Crippen LogP) is -4.75. The van der Waals surface area contributed by atoms with Crippen LogP contribution in [0.5, 0.6) is 0 Å². The Morgan fingerprint density at radius 1 is 1.57 bits per heavy atom. The molecule has 1 rings (SSSR count). The van der Waals surface area contributed by atoms with Gasteiger partial charge in [-0.1, -0.05) is 0 Å². The molecule has 1 N–H and O–H groups in total. The zero-order valence-corrected chi connectivity index (χ0v) is 8.27. The summed E-state index contributed by atoms with van der Waals surface area (Å²) in [6.45, 7) is 1.71. The maximum Gasteiger partial charge on any atom is 1.00 e. The fourth-order valence-electron chi connectivity index (χ4n) is 1.01. The van der Waals surface area contributed by atoms with Crippen LogP contribution in [0.25, 0.3) is 0 Å². The number of epoxide rings is 1. The van der Waals surface area contributed by atoms with Gasteiger partial charge in [0.05, 0.1) is 19.2 Å². The predicted molar refractivity (Wildman–Crippen MR) is 38.7 cm³/mol. The number of hydrogen-bond acceptors (Lipinski definition) is 5. The second-order valence-corrected chi connectivity index (χ2v) is 2.74. The van der Waals surface area contributed by atoms with Gasteiger partial charge in [0.15, 0.2) is 0 Å². The first kappa shape index (κ1) is 13.3. The number of amides is 1. The van der Waals surface area contributed by atoms with Gasteiger partial charge in [0, 0.05) is 0 Å². The number of ether oxygens (including phenoxy) is 2. The topological polar surface area (TPSA) is 91.0 Å². The van der Waals surface area contributed by atoms with Crippen LogP contribution >= 0.6 is 0 Å². The molecule has 0 bridgehead atoms. The summed E-state index contributed by atoms with van der Waals surface area (Å²) in [6, 6.07) is -1.14. The fourth-order valence-corrected chi connectivity index (χ4v) is 1.01. The van der Waals surface area contributed by atoms with E-state index in [0.29, 0.717) is 0 Å². The zero-order chi connectivity index (χ0) is 10.0. The number of carbonyl (C=O) groups is 2. The molecule has 0 radical (unpaired) electrons. The van der Waals surface area contributed by atoms with Crippen LogP contribution in [0.1, 0.15) is 6.92 Å². The number of methoxy groups -OCH3 is 1. The molecule has 0 spiro atoms. The monoisotopic (exact) mass is 195 g/mol. The van der Waals surface area contributed by atoms with Gasteiger partial charge in [-0.15, -0.1) is 0 Å². The molecule has 0 aromatic heterocycles. The van der Waals surface area contributed by atoms with Gasteiger partial charge in [-0.25, -0.2) is 4.79 Å². The molecule has 1 aliphatic rings. The molecule has 6 nitrogen and oxygen atoms in total. The summed E-state index contributed by atoms with van der Waals surface area (Å²) in [4.78, 5) is 21.2. The van der Waals surface area contributed by atoms with Gasteiger partial charge in [-0.3, -0.25) is 0 Å². The zero-order valence-electron chi connectivity index (χ0n) is 8.27. The van der Waals surface area contributed by atoms with Crippen molar-refractivity contribution in [3.8, 4) is 0 Å². The summed E-state index contributed by atoms with van der Waals surface area (Å²) in [5.74, 6) is -1.38. The van der Waals surface area contributed by atoms with Crippen molar-refractivity contribution in [1.82, 2.24) is 5.32 Å². The van der Waals surface area contributed by atoms with Gasteiger partial charge in [-0.05, 0) is 6.92 Å². The van der Waals surface area contributed by atoms with E-state index in [0.717, 1.165) is 7.11 Å². The summed E-state index contributed by atoms with van der Waals surface area (Å²) >= 11 is 0. The summed E-state index contributed by atoms with van der Waals surface area (Å²) < 4.78 is 9.14. The molecule has 14 heavy (non-hydrogen) atoms. The molecule has 1 amide bonds. The van der Waals surface area contributed by atoms with Crippen LogP contribution in [0.3, 0.4) is 0 Å². The third kappa shape index (κ3) is 3.22. The molecule has 74 valence electrons. The van der Waals surface area contributed by atoms with Crippen molar-refractivity contribution in [2.45, 2.75) is 25.2 Å². The van der Waals surface area contributed by atoms with E-state index in [1.165, 1.54) is 0 Å². The van der Waals surface area contributed by atoms with Crippen LogP contribution in [-0.4, -0.2) is 37.4 Å². The van der Waals surface area contributed by atoms with Crippen molar-refractivity contribution in [2.75, 3.05) is 7.11 Å². The van der Waals surface area contributed by atoms with Crippen LogP contribution in [0.15, 0.2) is 0 Å². The molecule has 7 heteroatoms. The minimum atomic E-state index is -1.38. The average molecular weight is 195 g/mol. The molecule has 1 heterocycles. The minimum absolute atomic E-state index is 0. The van der Waals surface area contributed by atoms with Crippen LogP contribution in [0, 0.1) is 0 Å². The number of nitrogens with one attached hydrogen (secondary N) is 1. The van der Waals surface area contributed by atoms with Crippen molar-refractivity contribution in [1.29, 1.82) is 0 Å². The van der Waals surface area contributed by atoms with Gasteiger partial charge in [-0.2, -0.15) is 0 Å². The largest absolute Gasteiger partial charge is 1.00 e. The Balaban J connectivity index is 0.00000169. The van der Waals surface area contributed by atoms with E-state index < -0.39 is 24.2 Å². The Hall–Kier alpha value is -0.703. The first-order chi connectivity index (χ1) is 6.06. The fraction of sp³-hybridized carbons (Fsp3) is 0.714. The summed E-state index contributed by atoms with van der Waals surface area (Å²) in [5.41, 5.74) is 0. The average Bonchev–Trinajstić information content (AvgIpc) is 2.77. The molecule has 0 aliphatic carbocycles. The Morgan fingerprint density at radius 3 is 2.36 bits per heavy atom. The van der Waals surface area contributed by atoms with E-state index in [2.05, 4.69) is 10.1 Å². The molecule has 3 atom stereocenters. The standard InChI is InChI=1S/C7H11NO5.Li/c1-3-5(13-3)4(6(9)10)8-7(11)12-2;/h3-5H,1-2H3,(H,8,11)(H,9,10);/q;+1/p-1. The van der Waals surface area contributed by atoms with Crippen LogP contribution in [0.4, 0.5) is 4.79 Å². The Morgan fingerprint density at radius 2 is 2.07 bits per heavy atom. The van der Waals surface area contributed by atoms with Gasteiger partial charge in [0.1, 0.15) is 12.1 Å². The summed E-state index contributed by atoms with van der Waals surface area (Å²) in [5, 5.41) is 12.6. The summed E-state index contributed by atoms with van der Waals surface area (Å²) in [7, 11) is 1.15. The minimum Gasteiger partial charge on any atom is -0.548 e. The van der Waals surface area contributed by atoms with Crippen molar-refractivity contribution < 1.29 is 43.0 Å². The van der Waals surface area contributed by atoms with E-state index in [4.69, 9.17) is 4.74 Å². The number of aliphatic carboxylic acids is 1. The SMILES string of the molecule is COC(=O)NC(C(=O)[O-])C1OC1C.[Li+]. The molecule has 1 saturated heterocycles. The number of carboxylic acids is 1. The van der Waals surface area contributed by atoms with Crippen molar-refractivity contribution in [3.63, 3.8) is 0 Å². The molecule has 0 aromatic carbocycles. The van der Waals surface area contributed by atoms with E-state index in [9.17, 15) is 14.7 Å². The number of hydrogen-bond donors (Lipinski definition) is 1. The van der Waals surface area contributed by atoms with Gasteiger partial charge in [0.25, 0.3) is 0 Å². The van der Waals surface area contributed by atoms with Crippen molar-refractivity contribution in [3.05, 3.63) is 0 Å².